The van der Waals surface area contributed by atoms with Gasteiger partial charge in [-0.2, -0.15) is 13.2 Å². The van der Waals surface area contributed by atoms with Crippen LogP contribution in [0.2, 0.25) is 0 Å². The van der Waals surface area contributed by atoms with Crippen LogP contribution >= 0.6 is 23.1 Å². The van der Waals surface area contributed by atoms with Crippen molar-refractivity contribution in [3.05, 3.63) is 46.2 Å². The smallest absolute Gasteiger partial charge is 0.383 e. The van der Waals surface area contributed by atoms with Crippen molar-refractivity contribution in [1.29, 1.82) is 0 Å². The Labute approximate surface area is 172 Å². The first-order chi connectivity index (χ1) is 13.7. The van der Waals surface area contributed by atoms with Crippen molar-refractivity contribution in [2.24, 2.45) is 0 Å². The van der Waals surface area contributed by atoms with Crippen LogP contribution in [0.4, 0.5) is 29.2 Å². The Kier molecular flexibility index (Phi) is 6.27. The van der Waals surface area contributed by atoms with Gasteiger partial charge in [0, 0.05) is 22.3 Å². The number of aryl methyl sites for hydroxylation is 1. The SMILES string of the molecule is CCCc1sc(-c2ccc(C(F)(F)F)cc2F)nc1CSc1nc(N)cc(N)n1. The summed E-state index contributed by atoms with van der Waals surface area (Å²) < 4.78 is 52.7. The molecule has 3 aromatic rings. The van der Waals surface area contributed by atoms with Gasteiger partial charge >= 0.3 is 6.18 Å². The first-order valence-corrected chi connectivity index (χ1v) is 10.4. The van der Waals surface area contributed by atoms with Gasteiger partial charge < -0.3 is 11.5 Å². The Morgan fingerprint density at radius 3 is 2.34 bits per heavy atom. The maximum Gasteiger partial charge on any atom is 0.416 e. The second-order valence-electron chi connectivity index (χ2n) is 6.12. The van der Waals surface area contributed by atoms with Crippen molar-refractivity contribution < 1.29 is 17.6 Å². The number of thiazole rings is 1. The number of anilines is 2. The molecule has 0 saturated heterocycles. The normalized spacial score (nSPS) is 11.8. The summed E-state index contributed by atoms with van der Waals surface area (Å²) >= 11 is 2.55. The Balaban J connectivity index is 1.88. The molecule has 4 N–H and O–H groups in total. The maximum atomic E-state index is 14.3. The zero-order chi connectivity index (χ0) is 21.2. The highest BCUT2D eigenvalue weighted by Crippen LogP contribution is 2.36. The maximum absolute atomic E-state index is 14.3. The van der Waals surface area contributed by atoms with E-state index in [0.29, 0.717) is 27.7 Å². The molecule has 2 heterocycles. The van der Waals surface area contributed by atoms with E-state index < -0.39 is 17.6 Å². The van der Waals surface area contributed by atoms with E-state index in [1.54, 1.807) is 0 Å². The first kappa shape index (κ1) is 21.3. The van der Waals surface area contributed by atoms with Gasteiger partial charge in [0.2, 0.25) is 0 Å². The zero-order valence-electron chi connectivity index (χ0n) is 15.3. The fourth-order valence-corrected chi connectivity index (χ4v) is 4.70. The molecule has 5 nitrogen and oxygen atoms in total. The van der Waals surface area contributed by atoms with E-state index >= 15 is 0 Å². The van der Waals surface area contributed by atoms with Crippen molar-refractivity contribution in [3.8, 4) is 10.6 Å². The van der Waals surface area contributed by atoms with Crippen LogP contribution in [-0.2, 0) is 18.3 Å². The fourth-order valence-electron chi connectivity index (χ4n) is 2.56. The van der Waals surface area contributed by atoms with E-state index in [1.165, 1.54) is 29.2 Å². The lowest BCUT2D eigenvalue weighted by molar-refractivity contribution is -0.137. The Morgan fingerprint density at radius 2 is 1.76 bits per heavy atom. The van der Waals surface area contributed by atoms with Crippen molar-refractivity contribution in [1.82, 2.24) is 15.0 Å². The third-order valence-electron chi connectivity index (χ3n) is 3.87. The van der Waals surface area contributed by atoms with Crippen molar-refractivity contribution >= 4 is 34.7 Å². The van der Waals surface area contributed by atoms with Gasteiger partial charge in [-0.15, -0.1) is 11.3 Å². The minimum absolute atomic E-state index is 0.0426. The minimum Gasteiger partial charge on any atom is -0.383 e. The number of nitrogens with two attached hydrogens (primary N) is 2. The van der Waals surface area contributed by atoms with Crippen molar-refractivity contribution in [2.45, 2.75) is 36.9 Å². The highest BCUT2D eigenvalue weighted by Gasteiger charge is 2.31. The molecule has 0 radical (unpaired) electrons. The lowest BCUT2D eigenvalue weighted by Gasteiger charge is -2.07. The molecule has 0 aliphatic heterocycles. The molecule has 0 spiro atoms. The number of alkyl halides is 3. The Bertz CT molecular complexity index is 1000. The minimum atomic E-state index is -4.60. The summed E-state index contributed by atoms with van der Waals surface area (Å²) in [5.41, 5.74) is 11.1. The quantitative estimate of drug-likeness (QED) is 0.310. The van der Waals surface area contributed by atoms with Gasteiger partial charge in [0.25, 0.3) is 0 Å². The molecule has 0 atom stereocenters. The molecule has 0 amide bonds. The highest BCUT2D eigenvalue weighted by molar-refractivity contribution is 7.98. The van der Waals surface area contributed by atoms with Crippen LogP contribution in [0.25, 0.3) is 10.6 Å². The molecule has 0 aliphatic carbocycles. The van der Waals surface area contributed by atoms with Crippen LogP contribution in [0.1, 0.15) is 29.5 Å². The molecule has 154 valence electrons. The number of hydrogen-bond donors (Lipinski definition) is 2. The molecular weight excluding hydrogens is 426 g/mol. The summed E-state index contributed by atoms with van der Waals surface area (Å²) in [5.74, 6) is -0.0568. The molecule has 2 aromatic heterocycles. The standard InChI is InChI=1S/C18H17F4N5S2/c1-2-3-13-12(8-28-17-26-14(23)7-15(24)27-17)25-16(29-13)10-5-4-9(6-11(10)19)18(20,21)22/h4-7H,2-3,8H2,1H3,(H4,23,24,26,27). The van der Waals surface area contributed by atoms with Gasteiger partial charge in [-0.25, -0.2) is 19.3 Å². The average Bonchev–Trinajstić information content (AvgIpc) is 3.01. The summed E-state index contributed by atoms with van der Waals surface area (Å²) in [6, 6.07) is 3.91. The molecular formula is C18H17F4N5S2. The van der Waals surface area contributed by atoms with E-state index in [2.05, 4.69) is 15.0 Å². The molecule has 0 bridgehead atoms. The topological polar surface area (TPSA) is 90.7 Å². The summed E-state index contributed by atoms with van der Waals surface area (Å²) in [7, 11) is 0. The van der Waals surface area contributed by atoms with E-state index in [9.17, 15) is 17.6 Å². The van der Waals surface area contributed by atoms with Gasteiger partial charge in [-0.05, 0) is 24.6 Å². The third-order valence-corrected chi connectivity index (χ3v) is 5.91. The van der Waals surface area contributed by atoms with E-state index in [-0.39, 0.29) is 17.2 Å². The van der Waals surface area contributed by atoms with Gasteiger partial charge in [-0.1, -0.05) is 25.1 Å². The average molecular weight is 443 g/mol. The predicted molar refractivity (Wildman–Crippen MR) is 107 cm³/mol. The first-order valence-electron chi connectivity index (χ1n) is 8.56. The fraction of sp³-hybridized carbons (Fsp3) is 0.278. The second kappa shape index (κ2) is 8.54. The van der Waals surface area contributed by atoms with E-state index in [0.717, 1.165) is 29.9 Å². The van der Waals surface area contributed by atoms with Crippen LogP contribution in [0.3, 0.4) is 0 Å². The van der Waals surface area contributed by atoms with Crippen LogP contribution < -0.4 is 11.5 Å². The third kappa shape index (κ3) is 5.15. The molecule has 0 saturated carbocycles. The molecule has 29 heavy (non-hydrogen) atoms. The van der Waals surface area contributed by atoms with Gasteiger partial charge in [0.1, 0.15) is 22.5 Å². The molecule has 0 fully saturated rings. The number of aromatic nitrogens is 3. The number of halogens is 4. The van der Waals surface area contributed by atoms with Crippen LogP contribution in [0.15, 0.2) is 29.4 Å². The number of rotatable bonds is 6. The molecule has 0 aliphatic rings. The number of thioether (sulfide) groups is 1. The molecule has 3 rings (SSSR count). The number of nitrogens with zero attached hydrogens (tertiary/aromatic N) is 3. The second-order valence-corrected chi connectivity index (χ2v) is 8.15. The summed E-state index contributed by atoms with van der Waals surface area (Å²) in [5, 5.41) is 0.725. The van der Waals surface area contributed by atoms with Crippen molar-refractivity contribution in [3.63, 3.8) is 0 Å². The van der Waals surface area contributed by atoms with Crippen LogP contribution in [-0.4, -0.2) is 15.0 Å². The van der Waals surface area contributed by atoms with Crippen LogP contribution in [0.5, 0.6) is 0 Å². The number of nitrogen functional groups attached to an aromatic ring is 2. The largest absolute Gasteiger partial charge is 0.416 e. The molecule has 1 aromatic carbocycles. The summed E-state index contributed by atoms with van der Waals surface area (Å²) in [4.78, 5) is 13.6. The predicted octanol–water partition coefficient (Wildman–Crippen LogP) is 5.17. The summed E-state index contributed by atoms with van der Waals surface area (Å²) in [6.07, 6.45) is -3.04. The van der Waals surface area contributed by atoms with Crippen molar-refractivity contribution in [2.75, 3.05) is 11.5 Å². The van der Waals surface area contributed by atoms with Crippen LogP contribution in [0, 0.1) is 5.82 Å². The van der Waals surface area contributed by atoms with E-state index in [1.807, 2.05) is 6.92 Å². The molecule has 11 heteroatoms. The lowest BCUT2D eigenvalue weighted by atomic mass is 10.1. The van der Waals surface area contributed by atoms with E-state index in [4.69, 9.17) is 11.5 Å². The summed E-state index contributed by atoms with van der Waals surface area (Å²) in [6.45, 7) is 2.00. The molecule has 0 unspecified atom stereocenters. The van der Waals surface area contributed by atoms with Gasteiger partial charge in [0.05, 0.1) is 11.3 Å². The monoisotopic (exact) mass is 443 g/mol. The lowest BCUT2D eigenvalue weighted by Crippen LogP contribution is -2.05. The Morgan fingerprint density at radius 1 is 1.07 bits per heavy atom. The Hall–Kier alpha value is -2.40. The zero-order valence-corrected chi connectivity index (χ0v) is 16.9. The van der Waals surface area contributed by atoms with Gasteiger partial charge in [0.15, 0.2) is 5.16 Å². The highest BCUT2D eigenvalue weighted by atomic mass is 32.2. The number of benzene rings is 1. The number of hydrogen-bond acceptors (Lipinski definition) is 7. The van der Waals surface area contributed by atoms with Gasteiger partial charge in [-0.3, -0.25) is 0 Å².